The molecule has 11 heavy (non-hydrogen) atoms. The van der Waals surface area contributed by atoms with Crippen LogP contribution in [0.25, 0.3) is 0 Å². The number of carbonyl (C=O) groups excluding carboxylic acids is 1. The molecule has 0 aromatic heterocycles. The Morgan fingerprint density at radius 1 is 1.55 bits per heavy atom. The lowest BCUT2D eigenvalue weighted by Gasteiger charge is -2.06. The fourth-order valence-corrected chi connectivity index (χ4v) is 0.869. The number of alkyl halides is 1. The van der Waals surface area contributed by atoms with E-state index in [-0.39, 0.29) is 6.42 Å². The Labute approximate surface area is 72.9 Å². The molecule has 66 valence electrons. The fourth-order valence-electron chi connectivity index (χ4n) is 0.707. The summed E-state index contributed by atoms with van der Waals surface area (Å²) in [6.07, 6.45) is 4.42. The number of hydrogen-bond donors (Lipinski definition) is 0. The number of aldehydes is 1. The predicted molar refractivity (Wildman–Crippen MR) is 45.8 cm³/mol. The lowest BCUT2D eigenvalue weighted by molar-refractivity contribution is -0.109. The molecule has 1 atom stereocenters. The minimum absolute atomic E-state index is 0.285. The quantitative estimate of drug-likeness (QED) is 0.340. The summed E-state index contributed by atoms with van der Waals surface area (Å²) in [5.74, 6) is 0. The molecule has 0 N–H and O–H groups in total. The van der Waals surface area contributed by atoms with Gasteiger partial charge < -0.3 is 9.53 Å². The molecule has 0 spiro atoms. The average Bonchev–Trinajstić information content (AvgIpc) is 1.99. The minimum Gasteiger partial charge on any atom is -0.362 e. The molecule has 1 unspecified atom stereocenters. The fraction of sp³-hybridized carbons (Fsp3) is 0.875. The lowest BCUT2D eigenvalue weighted by Crippen LogP contribution is -2.06. The Hall–Kier alpha value is -0.0800. The number of rotatable bonds is 7. The second-order valence-electron chi connectivity index (χ2n) is 2.39. The molecule has 0 rings (SSSR count). The monoisotopic (exact) mass is 178 g/mol. The molecule has 0 aliphatic carbocycles. The second-order valence-corrected chi connectivity index (χ2v) is 2.88. The Bertz CT molecular complexity index is 96.1. The Kier molecular flexibility index (Phi) is 7.96. The van der Waals surface area contributed by atoms with Crippen LogP contribution in [0.2, 0.25) is 0 Å². The molecule has 2 nitrogen and oxygen atoms in total. The molecule has 0 radical (unpaired) electrons. The van der Waals surface area contributed by atoms with Gasteiger partial charge in [0.1, 0.15) is 11.8 Å². The molecule has 0 aliphatic rings. The van der Waals surface area contributed by atoms with Crippen molar-refractivity contribution in [2.75, 3.05) is 6.61 Å². The highest BCUT2D eigenvalue weighted by Gasteiger charge is 2.01. The van der Waals surface area contributed by atoms with Gasteiger partial charge in [0.05, 0.1) is 0 Å². The molecular weight excluding hydrogens is 164 g/mol. The van der Waals surface area contributed by atoms with Crippen LogP contribution in [0.1, 0.15) is 32.6 Å². The number of ether oxygens (including phenoxy) is 1. The van der Waals surface area contributed by atoms with Crippen molar-refractivity contribution in [2.24, 2.45) is 0 Å². The number of carbonyl (C=O) groups is 1. The zero-order valence-electron chi connectivity index (χ0n) is 6.88. The molecule has 0 heterocycles. The Morgan fingerprint density at radius 2 is 2.27 bits per heavy atom. The molecule has 0 aliphatic heterocycles. The first-order valence-electron chi connectivity index (χ1n) is 4.00. The van der Waals surface area contributed by atoms with Gasteiger partial charge in [0, 0.05) is 13.0 Å². The van der Waals surface area contributed by atoms with Crippen molar-refractivity contribution in [3.63, 3.8) is 0 Å². The zero-order valence-corrected chi connectivity index (χ0v) is 7.64. The number of hydrogen-bond acceptors (Lipinski definition) is 2. The van der Waals surface area contributed by atoms with Crippen molar-refractivity contribution in [2.45, 2.75) is 38.2 Å². The second kappa shape index (κ2) is 8.02. The van der Waals surface area contributed by atoms with Gasteiger partial charge in [-0.25, -0.2) is 0 Å². The third-order valence-electron chi connectivity index (χ3n) is 1.33. The first-order chi connectivity index (χ1) is 5.31. The molecule has 0 saturated carbocycles. The van der Waals surface area contributed by atoms with E-state index in [0.29, 0.717) is 6.61 Å². The van der Waals surface area contributed by atoms with E-state index in [1.54, 1.807) is 0 Å². The van der Waals surface area contributed by atoms with Gasteiger partial charge in [0.2, 0.25) is 0 Å². The Balaban J connectivity index is 3.03. The van der Waals surface area contributed by atoms with Crippen LogP contribution in [0.15, 0.2) is 0 Å². The maximum absolute atomic E-state index is 9.94. The van der Waals surface area contributed by atoms with Crippen LogP contribution in [0.4, 0.5) is 0 Å². The van der Waals surface area contributed by atoms with Crippen LogP contribution < -0.4 is 0 Å². The SMILES string of the molecule is CCCCCOC(Cl)CC=O. The van der Waals surface area contributed by atoms with Crippen molar-refractivity contribution < 1.29 is 9.53 Å². The van der Waals surface area contributed by atoms with E-state index < -0.39 is 5.56 Å². The molecular formula is C8H15ClO2. The van der Waals surface area contributed by atoms with Gasteiger partial charge in [-0.05, 0) is 6.42 Å². The summed E-state index contributed by atoms with van der Waals surface area (Å²) < 4.78 is 5.12. The topological polar surface area (TPSA) is 26.3 Å². The van der Waals surface area contributed by atoms with Crippen LogP contribution in [-0.2, 0) is 9.53 Å². The van der Waals surface area contributed by atoms with Gasteiger partial charge in [-0.15, -0.1) is 0 Å². The maximum atomic E-state index is 9.94. The standard InChI is InChI=1S/C8H15ClO2/c1-2-3-4-7-11-8(9)5-6-10/h6,8H,2-5,7H2,1H3. The van der Waals surface area contributed by atoms with Gasteiger partial charge in [-0.2, -0.15) is 0 Å². The highest BCUT2D eigenvalue weighted by Crippen LogP contribution is 2.03. The van der Waals surface area contributed by atoms with Crippen LogP contribution >= 0.6 is 11.6 Å². The van der Waals surface area contributed by atoms with Crippen LogP contribution in [0.3, 0.4) is 0 Å². The van der Waals surface area contributed by atoms with Gasteiger partial charge in [-0.3, -0.25) is 0 Å². The summed E-state index contributed by atoms with van der Waals surface area (Å²) >= 11 is 5.61. The molecule has 0 amide bonds. The van der Waals surface area contributed by atoms with E-state index in [1.807, 2.05) is 0 Å². The zero-order chi connectivity index (χ0) is 8.53. The average molecular weight is 179 g/mol. The number of halogens is 1. The summed E-state index contributed by atoms with van der Waals surface area (Å²) in [6.45, 7) is 2.79. The van der Waals surface area contributed by atoms with Crippen LogP contribution in [-0.4, -0.2) is 18.5 Å². The van der Waals surface area contributed by atoms with Crippen LogP contribution in [0, 0.1) is 0 Å². The number of unbranched alkanes of at least 4 members (excludes halogenated alkanes) is 2. The normalized spacial score (nSPS) is 12.9. The third kappa shape index (κ3) is 7.82. The molecule has 0 aromatic carbocycles. The summed E-state index contributed by atoms with van der Waals surface area (Å²) in [7, 11) is 0. The Morgan fingerprint density at radius 3 is 2.82 bits per heavy atom. The molecule has 3 heteroatoms. The molecule has 0 bridgehead atoms. The van der Waals surface area contributed by atoms with E-state index in [1.165, 1.54) is 6.42 Å². The van der Waals surface area contributed by atoms with Crippen LogP contribution in [0.5, 0.6) is 0 Å². The molecule has 0 aromatic rings. The summed E-state index contributed by atoms with van der Waals surface area (Å²) in [6, 6.07) is 0. The first-order valence-corrected chi connectivity index (χ1v) is 4.44. The molecule has 0 saturated heterocycles. The van der Waals surface area contributed by atoms with Gasteiger partial charge in [0.25, 0.3) is 0 Å². The third-order valence-corrected chi connectivity index (χ3v) is 1.63. The molecule has 0 fully saturated rings. The summed E-state index contributed by atoms with van der Waals surface area (Å²) in [4.78, 5) is 9.94. The highest BCUT2D eigenvalue weighted by atomic mass is 35.5. The first kappa shape index (κ1) is 10.9. The van der Waals surface area contributed by atoms with Crippen molar-refractivity contribution in [3.8, 4) is 0 Å². The van der Waals surface area contributed by atoms with E-state index in [4.69, 9.17) is 16.3 Å². The van der Waals surface area contributed by atoms with Crippen molar-refractivity contribution in [1.29, 1.82) is 0 Å². The highest BCUT2D eigenvalue weighted by molar-refractivity contribution is 6.20. The van der Waals surface area contributed by atoms with E-state index in [9.17, 15) is 4.79 Å². The van der Waals surface area contributed by atoms with E-state index in [2.05, 4.69) is 6.92 Å². The predicted octanol–water partition coefficient (Wildman–Crippen LogP) is 2.35. The summed E-state index contributed by atoms with van der Waals surface area (Å²) in [5.41, 5.74) is -0.427. The smallest absolute Gasteiger partial charge is 0.137 e. The lowest BCUT2D eigenvalue weighted by atomic mass is 10.3. The summed E-state index contributed by atoms with van der Waals surface area (Å²) in [5, 5.41) is 0. The van der Waals surface area contributed by atoms with E-state index >= 15 is 0 Å². The van der Waals surface area contributed by atoms with E-state index in [0.717, 1.165) is 19.1 Å². The maximum Gasteiger partial charge on any atom is 0.137 e. The van der Waals surface area contributed by atoms with Gasteiger partial charge in [-0.1, -0.05) is 31.4 Å². The minimum atomic E-state index is -0.427. The van der Waals surface area contributed by atoms with Crippen molar-refractivity contribution >= 4 is 17.9 Å². The van der Waals surface area contributed by atoms with Gasteiger partial charge in [0.15, 0.2) is 0 Å². The largest absolute Gasteiger partial charge is 0.362 e. The van der Waals surface area contributed by atoms with Gasteiger partial charge >= 0.3 is 0 Å². The van der Waals surface area contributed by atoms with Crippen molar-refractivity contribution in [1.82, 2.24) is 0 Å². The van der Waals surface area contributed by atoms with Crippen molar-refractivity contribution in [3.05, 3.63) is 0 Å².